The third-order valence-corrected chi connectivity index (χ3v) is 7.03. The normalized spacial score (nSPS) is 23.3. The standard InChI is InChI=1S/C18H27N5O3S/c1-14-5-3-4-10-18(14,12-19)22-27(24,25)16-8-6-15(7-9-16)26-11-17-20-13-21-23(17)2/h6-9,13-14,22H,3-5,10-12,19H2,1-2H3. The molecule has 1 aromatic carbocycles. The number of aryl methyl sites for hydroxylation is 1. The molecular formula is C18H27N5O3S. The van der Waals surface area contributed by atoms with Crippen molar-refractivity contribution in [2.45, 2.75) is 49.6 Å². The van der Waals surface area contributed by atoms with E-state index in [0.717, 1.165) is 25.7 Å². The molecule has 2 aromatic rings. The Kier molecular flexibility index (Phi) is 5.83. The number of nitrogens with zero attached hydrogens (tertiary/aromatic N) is 3. The number of benzene rings is 1. The lowest BCUT2D eigenvalue weighted by atomic mass is 9.74. The Labute approximate surface area is 160 Å². The lowest BCUT2D eigenvalue weighted by molar-refractivity contribution is 0.191. The number of rotatable bonds is 7. The summed E-state index contributed by atoms with van der Waals surface area (Å²) in [6, 6.07) is 6.38. The summed E-state index contributed by atoms with van der Waals surface area (Å²) in [5.41, 5.74) is 5.40. The maximum Gasteiger partial charge on any atom is 0.241 e. The molecule has 1 aromatic heterocycles. The lowest BCUT2D eigenvalue weighted by Crippen LogP contribution is -2.58. The molecule has 2 atom stereocenters. The number of hydrogen-bond acceptors (Lipinski definition) is 6. The molecule has 0 spiro atoms. The highest BCUT2D eigenvalue weighted by molar-refractivity contribution is 7.89. The fourth-order valence-electron chi connectivity index (χ4n) is 3.55. The van der Waals surface area contributed by atoms with Crippen molar-refractivity contribution in [2.24, 2.45) is 18.7 Å². The molecule has 0 aliphatic heterocycles. The molecule has 1 saturated carbocycles. The van der Waals surface area contributed by atoms with Crippen LogP contribution in [0.4, 0.5) is 0 Å². The average molecular weight is 394 g/mol. The van der Waals surface area contributed by atoms with Crippen molar-refractivity contribution in [3.8, 4) is 5.75 Å². The van der Waals surface area contributed by atoms with Crippen molar-refractivity contribution in [1.82, 2.24) is 19.5 Å². The van der Waals surface area contributed by atoms with Gasteiger partial charge >= 0.3 is 0 Å². The van der Waals surface area contributed by atoms with E-state index < -0.39 is 15.6 Å². The first-order valence-electron chi connectivity index (χ1n) is 9.16. The van der Waals surface area contributed by atoms with E-state index >= 15 is 0 Å². The molecule has 9 heteroatoms. The zero-order valence-corrected chi connectivity index (χ0v) is 16.6. The number of nitrogens with one attached hydrogen (secondary N) is 1. The third kappa shape index (κ3) is 4.31. The monoisotopic (exact) mass is 393 g/mol. The Morgan fingerprint density at radius 1 is 1.33 bits per heavy atom. The molecular weight excluding hydrogens is 366 g/mol. The first-order chi connectivity index (χ1) is 12.9. The second-order valence-corrected chi connectivity index (χ2v) is 8.85. The van der Waals surface area contributed by atoms with Crippen LogP contribution < -0.4 is 15.2 Å². The van der Waals surface area contributed by atoms with Gasteiger partial charge in [0.2, 0.25) is 10.0 Å². The molecule has 3 rings (SSSR count). The van der Waals surface area contributed by atoms with Gasteiger partial charge in [0.1, 0.15) is 18.7 Å². The minimum absolute atomic E-state index is 0.208. The number of hydrogen-bond donors (Lipinski definition) is 2. The first kappa shape index (κ1) is 19.8. The largest absolute Gasteiger partial charge is 0.486 e. The van der Waals surface area contributed by atoms with E-state index in [1.165, 1.54) is 6.33 Å². The quantitative estimate of drug-likeness (QED) is 0.739. The average Bonchev–Trinajstić information content (AvgIpc) is 3.07. The fraction of sp³-hybridized carbons (Fsp3) is 0.556. The van der Waals surface area contributed by atoms with Crippen molar-refractivity contribution >= 4 is 10.0 Å². The Bertz CT molecular complexity index is 865. The van der Waals surface area contributed by atoms with Gasteiger partial charge in [-0.15, -0.1) is 0 Å². The second-order valence-electron chi connectivity index (χ2n) is 7.17. The van der Waals surface area contributed by atoms with Gasteiger partial charge in [0.25, 0.3) is 0 Å². The molecule has 3 N–H and O–H groups in total. The SMILES string of the molecule is CC1CCCCC1(CN)NS(=O)(=O)c1ccc(OCc2ncnn2C)cc1. The summed E-state index contributed by atoms with van der Waals surface area (Å²) in [7, 11) is -1.87. The van der Waals surface area contributed by atoms with Crippen LogP contribution in [-0.2, 0) is 23.7 Å². The van der Waals surface area contributed by atoms with Crippen molar-refractivity contribution in [3.05, 3.63) is 36.4 Å². The van der Waals surface area contributed by atoms with E-state index in [9.17, 15) is 8.42 Å². The maximum absolute atomic E-state index is 12.9. The van der Waals surface area contributed by atoms with Gasteiger partial charge in [-0.05, 0) is 43.0 Å². The van der Waals surface area contributed by atoms with Crippen molar-refractivity contribution < 1.29 is 13.2 Å². The lowest BCUT2D eigenvalue weighted by Gasteiger charge is -2.42. The number of sulfonamides is 1. The van der Waals surface area contributed by atoms with E-state index in [4.69, 9.17) is 10.5 Å². The Balaban J connectivity index is 1.70. The molecule has 2 unspecified atom stereocenters. The van der Waals surface area contributed by atoms with E-state index in [1.54, 1.807) is 36.0 Å². The number of nitrogens with two attached hydrogens (primary N) is 1. The summed E-state index contributed by atoms with van der Waals surface area (Å²) >= 11 is 0. The van der Waals surface area contributed by atoms with Crippen molar-refractivity contribution in [2.75, 3.05) is 6.54 Å². The van der Waals surface area contributed by atoms with Crippen LogP contribution in [0, 0.1) is 5.92 Å². The Hall–Kier alpha value is -1.97. The topological polar surface area (TPSA) is 112 Å². The number of ether oxygens (including phenoxy) is 1. The van der Waals surface area contributed by atoms with E-state index in [1.807, 2.05) is 0 Å². The molecule has 0 amide bonds. The summed E-state index contributed by atoms with van der Waals surface area (Å²) in [5.74, 6) is 1.46. The molecule has 148 valence electrons. The highest BCUT2D eigenvalue weighted by Gasteiger charge is 2.40. The van der Waals surface area contributed by atoms with E-state index in [2.05, 4.69) is 21.7 Å². The van der Waals surface area contributed by atoms with Crippen LogP contribution in [0.3, 0.4) is 0 Å². The number of aromatic nitrogens is 3. The van der Waals surface area contributed by atoms with Gasteiger partial charge in [0.15, 0.2) is 5.82 Å². The summed E-state index contributed by atoms with van der Waals surface area (Å²) in [5, 5.41) is 3.98. The minimum atomic E-state index is -3.66. The summed E-state index contributed by atoms with van der Waals surface area (Å²) in [4.78, 5) is 4.29. The maximum atomic E-state index is 12.9. The van der Waals surface area contributed by atoms with Crippen LogP contribution in [0.15, 0.2) is 35.5 Å². The van der Waals surface area contributed by atoms with Crippen molar-refractivity contribution in [1.29, 1.82) is 0 Å². The van der Waals surface area contributed by atoms with Crippen LogP contribution in [0.2, 0.25) is 0 Å². The van der Waals surface area contributed by atoms with Gasteiger partial charge in [-0.25, -0.2) is 18.1 Å². The van der Waals surface area contributed by atoms with Gasteiger partial charge in [-0.1, -0.05) is 19.8 Å². The molecule has 1 aliphatic carbocycles. The molecule has 0 bridgehead atoms. The Morgan fingerprint density at radius 2 is 2.07 bits per heavy atom. The molecule has 8 nitrogen and oxygen atoms in total. The van der Waals surface area contributed by atoms with Crippen LogP contribution in [0.5, 0.6) is 5.75 Å². The predicted molar refractivity (Wildman–Crippen MR) is 102 cm³/mol. The molecule has 27 heavy (non-hydrogen) atoms. The van der Waals surface area contributed by atoms with Crippen LogP contribution >= 0.6 is 0 Å². The Morgan fingerprint density at radius 3 is 2.67 bits per heavy atom. The van der Waals surface area contributed by atoms with Crippen LogP contribution in [0.1, 0.15) is 38.4 Å². The van der Waals surface area contributed by atoms with Gasteiger partial charge in [-0.2, -0.15) is 5.10 Å². The molecule has 0 radical (unpaired) electrons. The van der Waals surface area contributed by atoms with Gasteiger partial charge < -0.3 is 10.5 Å². The van der Waals surface area contributed by atoms with Crippen LogP contribution in [0.25, 0.3) is 0 Å². The first-order valence-corrected chi connectivity index (χ1v) is 10.6. The summed E-state index contributed by atoms with van der Waals surface area (Å²) < 4.78 is 35.9. The minimum Gasteiger partial charge on any atom is -0.486 e. The summed E-state index contributed by atoms with van der Waals surface area (Å²) in [6.07, 6.45) is 5.30. The van der Waals surface area contributed by atoms with Crippen molar-refractivity contribution in [3.63, 3.8) is 0 Å². The van der Waals surface area contributed by atoms with Crippen LogP contribution in [-0.4, -0.2) is 35.3 Å². The second kappa shape index (κ2) is 7.95. The highest BCUT2D eigenvalue weighted by Crippen LogP contribution is 2.34. The zero-order valence-electron chi connectivity index (χ0n) is 15.8. The van der Waals surface area contributed by atoms with E-state index in [-0.39, 0.29) is 17.4 Å². The molecule has 1 fully saturated rings. The van der Waals surface area contributed by atoms with Gasteiger partial charge in [0.05, 0.1) is 4.90 Å². The van der Waals surface area contributed by atoms with E-state index in [0.29, 0.717) is 18.1 Å². The molecule has 1 aliphatic rings. The molecule has 1 heterocycles. The molecule has 0 saturated heterocycles. The van der Waals surface area contributed by atoms with Gasteiger partial charge in [0, 0.05) is 19.1 Å². The highest BCUT2D eigenvalue weighted by atomic mass is 32.2. The zero-order chi connectivity index (χ0) is 19.5. The third-order valence-electron chi connectivity index (χ3n) is 5.46. The smallest absolute Gasteiger partial charge is 0.241 e. The van der Waals surface area contributed by atoms with Gasteiger partial charge in [-0.3, -0.25) is 4.68 Å². The predicted octanol–water partition coefficient (Wildman–Crippen LogP) is 1.58. The summed E-state index contributed by atoms with van der Waals surface area (Å²) in [6.45, 7) is 2.62. The fourth-order valence-corrected chi connectivity index (χ4v) is 5.08.